The van der Waals surface area contributed by atoms with Crippen molar-refractivity contribution in [1.29, 1.82) is 0 Å². The molecule has 29 heavy (non-hydrogen) atoms. The first-order valence-electron chi connectivity index (χ1n) is 9.62. The lowest BCUT2D eigenvalue weighted by Crippen LogP contribution is -2.35. The first-order valence-corrected chi connectivity index (χ1v) is 9.62. The number of fused-ring (bicyclic) bond motifs is 1. The number of carbonyl (C=O) groups is 2. The van der Waals surface area contributed by atoms with Crippen molar-refractivity contribution in [2.75, 3.05) is 32.2 Å². The Bertz CT molecular complexity index is 881. The zero-order chi connectivity index (χ0) is 20.8. The van der Waals surface area contributed by atoms with Crippen LogP contribution in [0.4, 0.5) is 5.69 Å². The van der Waals surface area contributed by atoms with Crippen molar-refractivity contribution >= 4 is 17.6 Å². The molecule has 1 amide bonds. The number of carbonyl (C=O) groups excluding carboxylic acids is 2. The molecule has 0 radical (unpaired) electrons. The van der Waals surface area contributed by atoms with E-state index in [-0.39, 0.29) is 24.5 Å². The van der Waals surface area contributed by atoms with E-state index < -0.39 is 5.97 Å². The molecule has 2 N–H and O–H groups in total. The molecule has 1 atom stereocenters. The fourth-order valence-electron chi connectivity index (χ4n) is 3.19. The third-order valence-corrected chi connectivity index (χ3v) is 4.66. The lowest BCUT2D eigenvalue weighted by Gasteiger charge is -2.25. The molecule has 0 bridgehead atoms. The largest absolute Gasteiger partial charge is 0.486 e. The van der Waals surface area contributed by atoms with Crippen LogP contribution in [0.1, 0.15) is 35.8 Å². The lowest BCUT2D eigenvalue weighted by molar-refractivity contribution is -0.125. The number of rotatable bonds is 7. The highest BCUT2D eigenvalue weighted by Gasteiger charge is 2.22. The van der Waals surface area contributed by atoms with Gasteiger partial charge in [-0.3, -0.25) is 4.79 Å². The fraction of sp³-hybridized carbons (Fsp3) is 0.364. The molecule has 2 aromatic rings. The Morgan fingerprint density at radius 2 is 1.79 bits per heavy atom. The maximum absolute atomic E-state index is 12.5. The summed E-state index contributed by atoms with van der Waals surface area (Å²) < 4.78 is 16.4. The molecule has 2 aromatic carbocycles. The van der Waals surface area contributed by atoms with Gasteiger partial charge in [0.15, 0.2) is 18.1 Å². The lowest BCUT2D eigenvalue weighted by atomic mass is 9.95. The standard InChI is InChI=1S/C22H26N2O5/c1-14(2)21(15-8-9-18-19(12-15)28-11-10-27-18)24-20(25)13-29-22(26)16-6-4-5-7-17(16)23-3/h4-9,12,14,21,23H,10-11,13H2,1-3H3,(H,24,25). The summed E-state index contributed by atoms with van der Waals surface area (Å²) in [5.41, 5.74) is 1.94. The number of benzene rings is 2. The van der Waals surface area contributed by atoms with Crippen LogP contribution in [0.2, 0.25) is 0 Å². The normalized spacial score (nSPS) is 13.5. The Kier molecular flexibility index (Phi) is 6.59. The summed E-state index contributed by atoms with van der Waals surface area (Å²) in [5, 5.41) is 5.88. The Morgan fingerprint density at radius 1 is 1.07 bits per heavy atom. The van der Waals surface area contributed by atoms with Gasteiger partial charge in [-0.2, -0.15) is 0 Å². The molecule has 1 unspecified atom stereocenters. The van der Waals surface area contributed by atoms with Gasteiger partial charge in [-0.05, 0) is 35.7 Å². The third-order valence-electron chi connectivity index (χ3n) is 4.66. The van der Waals surface area contributed by atoms with Crippen LogP contribution in [0.15, 0.2) is 42.5 Å². The highest BCUT2D eigenvalue weighted by atomic mass is 16.6. The topological polar surface area (TPSA) is 85.9 Å². The molecule has 154 valence electrons. The van der Waals surface area contributed by atoms with E-state index in [1.165, 1.54) is 0 Å². The van der Waals surface area contributed by atoms with Crippen LogP contribution in [-0.4, -0.2) is 38.7 Å². The molecule has 1 aliphatic rings. The molecule has 1 aliphatic heterocycles. The number of para-hydroxylation sites is 1. The Morgan fingerprint density at radius 3 is 2.52 bits per heavy atom. The molecule has 0 aromatic heterocycles. The van der Waals surface area contributed by atoms with Crippen LogP contribution in [0.5, 0.6) is 11.5 Å². The maximum Gasteiger partial charge on any atom is 0.340 e. The summed E-state index contributed by atoms with van der Waals surface area (Å²) in [7, 11) is 1.72. The Labute approximate surface area is 170 Å². The predicted molar refractivity (Wildman–Crippen MR) is 109 cm³/mol. The second kappa shape index (κ2) is 9.32. The fourth-order valence-corrected chi connectivity index (χ4v) is 3.19. The van der Waals surface area contributed by atoms with Crippen LogP contribution in [-0.2, 0) is 9.53 Å². The summed E-state index contributed by atoms with van der Waals surface area (Å²) in [6.07, 6.45) is 0. The molecule has 1 heterocycles. The van der Waals surface area contributed by atoms with E-state index in [2.05, 4.69) is 10.6 Å². The minimum absolute atomic E-state index is 0.127. The van der Waals surface area contributed by atoms with E-state index in [0.717, 1.165) is 5.56 Å². The smallest absolute Gasteiger partial charge is 0.340 e. The summed E-state index contributed by atoms with van der Waals surface area (Å²) >= 11 is 0. The Hall–Kier alpha value is -3.22. The zero-order valence-corrected chi connectivity index (χ0v) is 16.9. The van der Waals surface area contributed by atoms with E-state index in [1.54, 1.807) is 25.2 Å². The second-order valence-electron chi connectivity index (χ2n) is 7.06. The van der Waals surface area contributed by atoms with Gasteiger partial charge < -0.3 is 24.8 Å². The number of amides is 1. The van der Waals surface area contributed by atoms with Crippen LogP contribution in [0, 0.1) is 5.92 Å². The van der Waals surface area contributed by atoms with Gasteiger partial charge in [-0.25, -0.2) is 4.79 Å². The number of ether oxygens (including phenoxy) is 3. The maximum atomic E-state index is 12.5. The molecule has 0 saturated carbocycles. The van der Waals surface area contributed by atoms with Crippen molar-refractivity contribution < 1.29 is 23.8 Å². The van der Waals surface area contributed by atoms with Gasteiger partial charge in [0.2, 0.25) is 0 Å². The van der Waals surface area contributed by atoms with Gasteiger partial charge in [0.1, 0.15) is 13.2 Å². The number of anilines is 1. The first-order chi connectivity index (χ1) is 14.0. The van der Waals surface area contributed by atoms with Crippen LogP contribution >= 0.6 is 0 Å². The number of hydrogen-bond donors (Lipinski definition) is 2. The molecule has 0 saturated heterocycles. The van der Waals surface area contributed by atoms with Gasteiger partial charge in [0.25, 0.3) is 5.91 Å². The zero-order valence-electron chi connectivity index (χ0n) is 16.9. The molecule has 0 fully saturated rings. The van der Waals surface area contributed by atoms with Crippen LogP contribution in [0.3, 0.4) is 0 Å². The molecule has 7 nitrogen and oxygen atoms in total. The van der Waals surface area contributed by atoms with Gasteiger partial charge in [-0.15, -0.1) is 0 Å². The van der Waals surface area contributed by atoms with E-state index in [1.807, 2.05) is 38.1 Å². The van der Waals surface area contributed by atoms with E-state index in [0.29, 0.717) is 36.0 Å². The van der Waals surface area contributed by atoms with Crippen molar-refractivity contribution in [3.63, 3.8) is 0 Å². The van der Waals surface area contributed by atoms with Crippen molar-refractivity contribution in [3.05, 3.63) is 53.6 Å². The first kappa shape index (κ1) is 20.5. The summed E-state index contributed by atoms with van der Waals surface area (Å²) in [6.45, 7) is 4.69. The summed E-state index contributed by atoms with van der Waals surface area (Å²) in [5.74, 6) is 0.580. The van der Waals surface area contributed by atoms with Crippen LogP contribution in [0.25, 0.3) is 0 Å². The molecule has 7 heteroatoms. The molecule has 3 rings (SSSR count). The second-order valence-corrected chi connectivity index (χ2v) is 7.06. The monoisotopic (exact) mass is 398 g/mol. The minimum atomic E-state index is -0.550. The van der Waals surface area contributed by atoms with Gasteiger partial charge in [0.05, 0.1) is 11.6 Å². The number of nitrogens with one attached hydrogen (secondary N) is 2. The van der Waals surface area contributed by atoms with E-state index in [9.17, 15) is 9.59 Å². The average Bonchev–Trinajstić information content (AvgIpc) is 2.75. The Balaban J connectivity index is 1.63. The van der Waals surface area contributed by atoms with Crippen molar-refractivity contribution in [3.8, 4) is 11.5 Å². The molecular formula is C22H26N2O5. The van der Waals surface area contributed by atoms with Crippen molar-refractivity contribution in [1.82, 2.24) is 5.32 Å². The van der Waals surface area contributed by atoms with E-state index in [4.69, 9.17) is 14.2 Å². The van der Waals surface area contributed by atoms with Crippen molar-refractivity contribution in [2.45, 2.75) is 19.9 Å². The number of hydrogen-bond acceptors (Lipinski definition) is 6. The third kappa shape index (κ3) is 4.99. The van der Waals surface area contributed by atoms with Crippen LogP contribution < -0.4 is 20.1 Å². The average molecular weight is 398 g/mol. The quantitative estimate of drug-likeness (QED) is 0.697. The highest BCUT2D eigenvalue weighted by Crippen LogP contribution is 2.34. The van der Waals surface area contributed by atoms with Gasteiger partial charge in [0, 0.05) is 12.7 Å². The predicted octanol–water partition coefficient (Wildman–Crippen LogP) is 3.17. The van der Waals surface area contributed by atoms with Gasteiger partial charge in [-0.1, -0.05) is 32.0 Å². The van der Waals surface area contributed by atoms with Crippen molar-refractivity contribution in [2.24, 2.45) is 5.92 Å². The SMILES string of the molecule is CNc1ccccc1C(=O)OCC(=O)NC(c1ccc2c(c1)OCCO2)C(C)C. The summed E-state index contributed by atoms with van der Waals surface area (Å²) in [6, 6.07) is 12.4. The highest BCUT2D eigenvalue weighted by molar-refractivity contribution is 5.96. The summed E-state index contributed by atoms with van der Waals surface area (Å²) in [4.78, 5) is 24.8. The number of esters is 1. The van der Waals surface area contributed by atoms with E-state index >= 15 is 0 Å². The van der Waals surface area contributed by atoms with Gasteiger partial charge >= 0.3 is 5.97 Å². The molecule has 0 aliphatic carbocycles. The molecule has 0 spiro atoms. The minimum Gasteiger partial charge on any atom is -0.486 e. The molecular weight excluding hydrogens is 372 g/mol.